The quantitative estimate of drug-likeness (QED) is 0.585. The van der Waals surface area contributed by atoms with Crippen LogP contribution >= 0.6 is 23.1 Å². The number of carbonyl (C=O) groups is 2. The average Bonchev–Trinajstić information content (AvgIpc) is 3.26. The fraction of sp³-hybridized carbons (Fsp3) is 0.600. The van der Waals surface area contributed by atoms with Gasteiger partial charge in [-0.05, 0) is 37.7 Å². The first-order valence-corrected chi connectivity index (χ1v) is 12.0. The Morgan fingerprint density at radius 2 is 2.14 bits per heavy atom. The highest BCUT2D eigenvalue weighted by atomic mass is 32.2. The number of thioether (sulfide) groups is 1. The molecule has 0 saturated heterocycles. The predicted octanol–water partition coefficient (Wildman–Crippen LogP) is 2.80. The van der Waals surface area contributed by atoms with Crippen molar-refractivity contribution in [1.82, 2.24) is 15.3 Å². The first-order chi connectivity index (χ1) is 13.9. The number of aryl methyl sites for hydroxylation is 2. The lowest BCUT2D eigenvalue weighted by Crippen LogP contribution is -2.46. The molecule has 0 unspecified atom stereocenters. The van der Waals surface area contributed by atoms with E-state index in [9.17, 15) is 14.4 Å². The van der Waals surface area contributed by atoms with Crippen LogP contribution in [0, 0.1) is 5.92 Å². The number of aromatic nitrogens is 2. The van der Waals surface area contributed by atoms with Crippen LogP contribution in [-0.2, 0) is 32.9 Å². The maximum atomic E-state index is 12.5. The Bertz CT molecular complexity index is 953. The SMILES string of the molecule is CCOC(=O)[C@@H](NC(=O)CSCc1nc2sc3c(c2c(=O)[nH]1)CCC3)[C@H](C)CC. The normalized spacial score (nSPS) is 15.1. The van der Waals surface area contributed by atoms with Gasteiger partial charge >= 0.3 is 5.97 Å². The number of hydrogen-bond acceptors (Lipinski definition) is 7. The highest BCUT2D eigenvalue weighted by Crippen LogP contribution is 2.34. The fourth-order valence-corrected chi connectivity index (χ4v) is 5.45. The van der Waals surface area contributed by atoms with Crippen LogP contribution < -0.4 is 10.9 Å². The monoisotopic (exact) mass is 437 g/mol. The van der Waals surface area contributed by atoms with Gasteiger partial charge in [-0.15, -0.1) is 23.1 Å². The van der Waals surface area contributed by atoms with Crippen LogP contribution in [0.1, 0.15) is 49.9 Å². The minimum absolute atomic E-state index is 0.00999. The van der Waals surface area contributed by atoms with E-state index in [1.165, 1.54) is 16.6 Å². The van der Waals surface area contributed by atoms with Gasteiger partial charge in [0.25, 0.3) is 5.56 Å². The number of H-pyrrole nitrogens is 1. The molecule has 1 aliphatic rings. The summed E-state index contributed by atoms with van der Waals surface area (Å²) >= 11 is 2.96. The average molecular weight is 438 g/mol. The molecule has 0 aromatic carbocycles. The lowest BCUT2D eigenvalue weighted by molar-refractivity contribution is -0.148. The van der Waals surface area contributed by atoms with Gasteiger partial charge in [0.05, 0.1) is 23.5 Å². The number of nitrogens with one attached hydrogen (secondary N) is 2. The highest BCUT2D eigenvalue weighted by molar-refractivity contribution is 7.99. The number of fused-ring (bicyclic) bond motifs is 3. The van der Waals surface area contributed by atoms with Crippen molar-refractivity contribution in [2.75, 3.05) is 12.4 Å². The number of nitrogens with zero attached hydrogens (tertiary/aromatic N) is 1. The van der Waals surface area contributed by atoms with Crippen molar-refractivity contribution in [2.24, 2.45) is 5.92 Å². The zero-order valence-electron chi connectivity index (χ0n) is 17.0. The molecule has 1 amide bonds. The summed E-state index contributed by atoms with van der Waals surface area (Å²) in [6, 6.07) is -0.643. The molecule has 0 radical (unpaired) electrons. The molecular weight excluding hydrogens is 410 g/mol. The summed E-state index contributed by atoms with van der Waals surface area (Å²) in [4.78, 5) is 46.4. The van der Waals surface area contributed by atoms with E-state index in [0.717, 1.165) is 41.5 Å². The van der Waals surface area contributed by atoms with Gasteiger partial charge < -0.3 is 15.0 Å². The van der Waals surface area contributed by atoms with Gasteiger partial charge in [-0.25, -0.2) is 9.78 Å². The molecule has 7 nitrogen and oxygen atoms in total. The molecule has 158 valence electrons. The van der Waals surface area contributed by atoms with E-state index in [1.54, 1.807) is 18.3 Å². The first kappa shape index (κ1) is 21.8. The van der Waals surface area contributed by atoms with Crippen molar-refractivity contribution in [3.8, 4) is 0 Å². The van der Waals surface area contributed by atoms with Gasteiger partial charge in [-0.3, -0.25) is 9.59 Å². The lowest BCUT2D eigenvalue weighted by Gasteiger charge is -2.22. The second-order valence-electron chi connectivity index (χ2n) is 7.23. The Balaban J connectivity index is 1.58. The number of amides is 1. The van der Waals surface area contributed by atoms with Crippen molar-refractivity contribution >= 4 is 45.2 Å². The van der Waals surface area contributed by atoms with Crippen molar-refractivity contribution in [3.63, 3.8) is 0 Å². The number of esters is 1. The molecule has 0 aliphatic heterocycles. The molecule has 0 spiro atoms. The molecule has 29 heavy (non-hydrogen) atoms. The summed E-state index contributed by atoms with van der Waals surface area (Å²) in [5.74, 6) is 0.534. The summed E-state index contributed by atoms with van der Waals surface area (Å²) in [6.45, 7) is 5.91. The first-order valence-electron chi connectivity index (χ1n) is 10.0. The van der Waals surface area contributed by atoms with Gasteiger partial charge in [-0.2, -0.15) is 0 Å². The zero-order chi connectivity index (χ0) is 21.0. The van der Waals surface area contributed by atoms with Crippen LogP contribution in [0.25, 0.3) is 10.2 Å². The zero-order valence-corrected chi connectivity index (χ0v) is 18.6. The minimum Gasteiger partial charge on any atom is -0.464 e. The van der Waals surface area contributed by atoms with Gasteiger partial charge in [0, 0.05) is 4.88 Å². The molecule has 2 N–H and O–H groups in total. The maximum Gasteiger partial charge on any atom is 0.328 e. The van der Waals surface area contributed by atoms with Gasteiger partial charge in [0.1, 0.15) is 16.7 Å². The Hall–Kier alpha value is -1.87. The predicted molar refractivity (Wildman–Crippen MR) is 116 cm³/mol. The van der Waals surface area contributed by atoms with Crippen LogP contribution in [0.3, 0.4) is 0 Å². The third-order valence-electron chi connectivity index (χ3n) is 5.17. The Morgan fingerprint density at radius 1 is 1.34 bits per heavy atom. The van der Waals surface area contributed by atoms with E-state index in [0.29, 0.717) is 11.6 Å². The standard InChI is InChI=1S/C20H27N3O4S2/c1-4-11(3)17(20(26)27-5-2)23-15(24)10-28-9-14-21-18(25)16-12-7-6-8-13(12)29-19(16)22-14/h11,17H,4-10H2,1-3H3,(H,23,24)(H,21,22,25)/t11-,17+/m1/s1. The number of rotatable bonds is 9. The second-order valence-corrected chi connectivity index (χ2v) is 9.29. The minimum atomic E-state index is -0.643. The summed E-state index contributed by atoms with van der Waals surface area (Å²) in [6.07, 6.45) is 3.84. The van der Waals surface area contributed by atoms with E-state index in [-0.39, 0.29) is 29.7 Å². The number of aromatic amines is 1. The molecule has 3 rings (SSSR count). The van der Waals surface area contributed by atoms with Crippen molar-refractivity contribution in [3.05, 3.63) is 26.6 Å². The van der Waals surface area contributed by atoms with Gasteiger partial charge in [-0.1, -0.05) is 20.3 Å². The number of carbonyl (C=O) groups excluding carboxylic acids is 2. The third-order valence-corrected chi connectivity index (χ3v) is 7.30. The van der Waals surface area contributed by atoms with Gasteiger partial charge in [0.15, 0.2) is 0 Å². The number of ether oxygens (including phenoxy) is 1. The fourth-order valence-electron chi connectivity index (χ4n) is 3.47. The summed E-state index contributed by atoms with van der Waals surface area (Å²) in [7, 11) is 0. The third kappa shape index (κ3) is 5.01. The van der Waals surface area contributed by atoms with E-state index in [1.807, 2.05) is 13.8 Å². The summed E-state index contributed by atoms with van der Waals surface area (Å²) in [5.41, 5.74) is 1.07. The number of hydrogen-bond donors (Lipinski definition) is 2. The molecule has 1 aliphatic carbocycles. The van der Waals surface area contributed by atoms with Crippen LogP contribution in [0.15, 0.2) is 4.79 Å². The maximum absolute atomic E-state index is 12.5. The smallest absolute Gasteiger partial charge is 0.328 e. The lowest BCUT2D eigenvalue weighted by atomic mass is 9.99. The van der Waals surface area contributed by atoms with Crippen molar-refractivity contribution < 1.29 is 14.3 Å². The van der Waals surface area contributed by atoms with Crippen LogP contribution in [-0.4, -0.2) is 40.2 Å². The van der Waals surface area contributed by atoms with E-state index in [2.05, 4.69) is 15.3 Å². The van der Waals surface area contributed by atoms with Crippen LogP contribution in [0.5, 0.6) is 0 Å². The molecule has 9 heteroatoms. The molecule has 2 atom stereocenters. The second kappa shape index (κ2) is 9.75. The van der Waals surface area contributed by atoms with E-state index < -0.39 is 12.0 Å². The molecule has 2 heterocycles. The molecule has 2 aromatic rings. The Labute approximate surface area is 178 Å². The molecule has 0 fully saturated rings. The van der Waals surface area contributed by atoms with Gasteiger partial charge in [0.2, 0.25) is 5.91 Å². The Kier molecular flexibility index (Phi) is 7.34. The summed E-state index contributed by atoms with van der Waals surface area (Å²) in [5, 5.41) is 3.52. The summed E-state index contributed by atoms with van der Waals surface area (Å²) < 4.78 is 5.07. The molecule has 2 aromatic heterocycles. The molecule has 0 saturated carbocycles. The van der Waals surface area contributed by atoms with Crippen LogP contribution in [0.2, 0.25) is 0 Å². The molecule has 0 bridgehead atoms. The largest absolute Gasteiger partial charge is 0.464 e. The van der Waals surface area contributed by atoms with Crippen LogP contribution in [0.4, 0.5) is 0 Å². The van der Waals surface area contributed by atoms with Crippen molar-refractivity contribution in [2.45, 2.75) is 58.2 Å². The Morgan fingerprint density at radius 3 is 2.86 bits per heavy atom. The van der Waals surface area contributed by atoms with E-state index in [4.69, 9.17) is 4.74 Å². The van der Waals surface area contributed by atoms with E-state index >= 15 is 0 Å². The molecular formula is C20H27N3O4S2. The van der Waals surface area contributed by atoms with Crippen molar-refractivity contribution in [1.29, 1.82) is 0 Å². The number of thiophene rings is 1. The highest BCUT2D eigenvalue weighted by Gasteiger charge is 2.27. The topological polar surface area (TPSA) is 101 Å².